The topological polar surface area (TPSA) is 85.9 Å². The molecule has 0 unspecified atom stereocenters. The first-order valence-corrected chi connectivity index (χ1v) is 5.49. The summed E-state index contributed by atoms with van der Waals surface area (Å²) in [6.45, 7) is 6.18. The molecule has 0 aliphatic heterocycles. The molecule has 0 radical (unpaired) electrons. The maximum absolute atomic E-state index is 9.10. The number of fused-ring (bicyclic) bond motifs is 1. The highest BCUT2D eigenvalue weighted by Crippen LogP contribution is 2.33. The molecule has 7 heteroatoms. The Hall–Kier alpha value is -1.86. The van der Waals surface area contributed by atoms with Crippen LogP contribution in [0.15, 0.2) is 16.8 Å². The number of benzene rings is 1. The Kier molecular flexibility index (Phi) is 2.88. The molecule has 98 valence electrons. The minimum Gasteiger partial charge on any atom is -0.368 e. The fourth-order valence-corrected chi connectivity index (χ4v) is 1.63. The number of aromatic nitrogens is 2. The Balaban J connectivity index is 2.62. The van der Waals surface area contributed by atoms with Gasteiger partial charge in [-0.1, -0.05) is 0 Å². The summed E-state index contributed by atoms with van der Waals surface area (Å²) in [6, 6.07) is 3.29. The van der Waals surface area contributed by atoms with Crippen molar-refractivity contribution in [2.24, 2.45) is 0 Å². The zero-order valence-electron chi connectivity index (χ0n) is 10.7. The zero-order valence-corrected chi connectivity index (χ0v) is 10.7. The van der Waals surface area contributed by atoms with Gasteiger partial charge in [-0.2, -0.15) is 0 Å². The second-order valence-corrected chi connectivity index (χ2v) is 5.08. The molecule has 0 bridgehead atoms. The normalized spacial score (nSPS) is 11.9. The molecule has 0 saturated heterocycles. The number of rotatable bonds is 2. The lowest BCUT2D eigenvalue weighted by molar-refractivity contribution is 0.0298. The minimum atomic E-state index is -0.106. The molecule has 0 amide bonds. The Labute approximate surface area is 104 Å². The van der Waals surface area contributed by atoms with E-state index in [4.69, 9.17) is 10.4 Å². The third-order valence-electron chi connectivity index (χ3n) is 2.96. The molecule has 0 aliphatic carbocycles. The third-order valence-corrected chi connectivity index (χ3v) is 2.96. The molecule has 2 aromatic rings. The summed E-state index contributed by atoms with van der Waals surface area (Å²) in [5, 5.41) is 25.7. The van der Waals surface area contributed by atoms with Crippen molar-refractivity contribution in [3.63, 3.8) is 0 Å². The van der Waals surface area contributed by atoms with Crippen molar-refractivity contribution in [3.8, 4) is 0 Å². The van der Waals surface area contributed by atoms with Gasteiger partial charge in [0.25, 0.3) is 0 Å². The first kappa shape index (κ1) is 12.6. The quantitative estimate of drug-likeness (QED) is 0.791. The molecule has 0 aliphatic rings. The Morgan fingerprint density at radius 2 is 1.56 bits per heavy atom. The van der Waals surface area contributed by atoms with E-state index in [1.54, 1.807) is 12.1 Å². The van der Waals surface area contributed by atoms with E-state index in [9.17, 15) is 0 Å². The summed E-state index contributed by atoms with van der Waals surface area (Å²) in [5.74, 6) is 0. The Morgan fingerprint density at radius 1 is 1.06 bits per heavy atom. The lowest BCUT2D eigenvalue weighted by Crippen LogP contribution is -2.38. The van der Waals surface area contributed by atoms with Crippen LogP contribution in [-0.4, -0.2) is 33.3 Å². The first-order valence-electron chi connectivity index (χ1n) is 5.49. The van der Waals surface area contributed by atoms with E-state index in [-0.39, 0.29) is 16.5 Å². The summed E-state index contributed by atoms with van der Waals surface area (Å²) in [4.78, 5) is 2.02. The molecule has 1 aromatic carbocycles. The fraction of sp³-hybridized carbons (Fsp3) is 0.455. The van der Waals surface area contributed by atoms with Crippen molar-refractivity contribution >= 4 is 22.4 Å². The molecular formula is C11H16N4O3. The highest BCUT2D eigenvalue weighted by Gasteiger charge is 2.23. The van der Waals surface area contributed by atoms with Gasteiger partial charge in [0, 0.05) is 12.6 Å². The van der Waals surface area contributed by atoms with Crippen LogP contribution in [0.25, 0.3) is 11.0 Å². The predicted molar refractivity (Wildman–Crippen MR) is 66.0 cm³/mol. The van der Waals surface area contributed by atoms with Crippen LogP contribution in [0.4, 0.5) is 11.4 Å². The Morgan fingerprint density at radius 3 is 2.06 bits per heavy atom. The monoisotopic (exact) mass is 252 g/mol. The maximum atomic E-state index is 9.10. The van der Waals surface area contributed by atoms with Gasteiger partial charge in [0.05, 0.1) is 5.69 Å². The van der Waals surface area contributed by atoms with Crippen LogP contribution in [0, 0.1) is 0 Å². The number of nitrogens with zero attached hydrogens (tertiary/aromatic N) is 4. The van der Waals surface area contributed by atoms with Gasteiger partial charge < -0.3 is 4.90 Å². The number of anilines is 2. The van der Waals surface area contributed by atoms with Gasteiger partial charge in [-0.05, 0) is 43.2 Å². The van der Waals surface area contributed by atoms with Crippen molar-refractivity contribution in [1.82, 2.24) is 10.3 Å². The van der Waals surface area contributed by atoms with E-state index >= 15 is 0 Å². The highest BCUT2D eigenvalue weighted by atomic mass is 16.8. The molecule has 18 heavy (non-hydrogen) atoms. The summed E-state index contributed by atoms with van der Waals surface area (Å²) >= 11 is 0. The van der Waals surface area contributed by atoms with Crippen molar-refractivity contribution in [2.45, 2.75) is 26.3 Å². The largest absolute Gasteiger partial charge is 0.368 e. The average molecular weight is 252 g/mol. The van der Waals surface area contributed by atoms with E-state index in [2.05, 4.69) is 35.7 Å². The summed E-state index contributed by atoms with van der Waals surface area (Å²) in [5.41, 5.74) is 1.61. The number of hydrogen-bond donors (Lipinski definition) is 2. The first-order chi connectivity index (χ1) is 8.32. The summed E-state index contributed by atoms with van der Waals surface area (Å²) in [7, 11) is 1.93. The number of hydrogen-bond acceptors (Lipinski definition) is 7. The third kappa shape index (κ3) is 1.98. The lowest BCUT2D eigenvalue weighted by Gasteiger charge is -2.34. The van der Waals surface area contributed by atoms with Crippen LogP contribution in [-0.2, 0) is 0 Å². The molecule has 1 aromatic heterocycles. The molecule has 0 atom stereocenters. The predicted octanol–water partition coefficient (Wildman–Crippen LogP) is 2.04. The van der Waals surface area contributed by atoms with Crippen molar-refractivity contribution in [1.29, 1.82) is 0 Å². The van der Waals surface area contributed by atoms with Gasteiger partial charge in [-0.25, -0.2) is 4.63 Å². The molecule has 2 rings (SSSR count). The van der Waals surface area contributed by atoms with E-state index in [0.717, 1.165) is 5.69 Å². The minimum absolute atomic E-state index is 0.00734. The van der Waals surface area contributed by atoms with Crippen LogP contribution >= 0.6 is 0 Å². The van der Waals surface area contributed by atoms with Gasteiger partial charge in [0.15, 0.2) is 11.0 Å². The molecule has 0 fully saturated rings. The lowest BCUT2D eigenvalue weighted by atomic mass is 10.1. The van der Waals surface area contributed by atoms with Gasteiger partial charge in [0.1, 0.15) is 5.69 Å². The summed E-state index contributed by atoms with van der Waals surface area (Å²) in [6.07, 6.45) is 0. The SMILES string of the molecule is CN(c1ccc(N(O)O)c2nonc12)C(C)(C)C. The summed E-state index contributed by atoms with van der Waals surface area (Å²) < 4.78 is 4.68. The molecule has 0 saturated carbocycles. The molecule has 2 N–H and O–H groups in total. The molecule has 7 nitrogen and oxygen atoms in total. The van der Waals surface area contributed by atoms with E-state index in [0.29, 0.717) is 11.0 Å². The van der Waals surface area contributed by atoms with Gasteiger partial charge in [-0.3, -0.25) is 10.4 Å². The fourth-order valence-electron chi connectivity index (χ4n) is 1.63. The average Bonchev–Trinajstić information content (AvgIpc) is 2.73. The van der Waals surface area contributed by atoms with Crippen molar-refractivity contribution in [2.75, 3.05) is 17.2 Å². The maximum Gasteiger partial charge on any atom is 0.165 e. The molecule has 0 spiro atoms. The van der Waals surface area contributed by atoms with Gasteiger partial charge in [-0.15, -0.1) is 5.23 Å². The van der Waals surface area contributed by atoms with Gasteiger partial charge >= 0.3 is 0 Å². The molecular weight excluding hydrogens is 236 g/mol. The second kappa shape index (κ2) is 4.11. The van der Waals surface area contributed by atoms with Crippen LogP contribution in [0.1, 0.15) is 20.8 Å². The van der Waals surface area contributed by atoms with E-state index < -0.39 is 0 Å². The van der Waals surface area contributed by atoms with Crippen LogP contribution in [0.3, 0.4) is 0 Å². The van der Waals surface area contributed by atoms with E-state index in [1.165, 1.54) is 0 Å². The van der Waals surface area contributed by atoms with Crippen molar-refractivity contribution < 1.29 is 15.0 Å². The van der Waals surface area contributed by atoms with Crippen LogP contribution in [0.5, 0.6) is 0 Å². The van der Waals surface area contributed by atoms with Crippen LogP contribution in [0.2, 0.25) is 0 Å². The standard InChI is InChI=1S/C11H16N4O3/c1-11(2,3)14(4)7-5-6-8(15(16)17)10-9(7)12-18-13-10/h5-6,16-17H,1-4H3. The highest BCUT2D eigenvalue weighted by molar-refractivity contribution is 5.96. The second-order valence-electron chi connectivity index (χ2n) is 5.08. The Bertz CT molecular complexity index is 559. The van der Waals surface area contributed by atoms with Gasteiger partial charge in [0.2, 0.25) is 0 Å². The molecule has 1 heterocycles. The van der Waals surface area contributed by atoms with Crippen molar-refractivity contribution in [3.05, 3.63) is 12.1 Å². The zero-order chi connectivity index (χ0) is 13.5. The van der Waals surface area contributed by atoms with E-state index in [1.807, 2.05) is 11.9 Å². The van der Waals surface area contributed by atoms with Crippen LogP contribution < -0.4 is 10.1 Å². The smallest absolute Gasteiger partial charge is 0.165 e.